The van der Waals surface area contributed by atoms with E-state index in [2.05, 4.69) is 32.9 Å². The molecule has 0 radical (unpaired) electrons. The fourth-order valence-electron chi connectivity index (χ4n) is 1.49. The largest absolute Gasteiger partial charge is 0.522 e. The molecule has 0 fully saturated rings. The number of halogens is 4. The molecule has 1 rings (SSSR count). The molecule has 0 aliphatic heterocycles. The van der Waals surface area contributed by atoms with E-state index >= 15 is 0 Å². The first-order valence-corrected chi connectivity index (χ1v) is 7.04. The summed E-state index contributed by atoms with van der Waals surface area (Å²) in [5.74, 6) is 0.521. The number of hydrogen-bond acceptors (Lipinski definition) is 3. The second-order valence-corrected chi connectivity index (χ2v) is 4.93. The molecule has 0 spiro atoms. The van der Waals surface area contributed by atoms with Gasteiger partial charge in [-0.25, -0.2) is 0 Å². The first-order chi connectivity index (χ1) is 9.42. The molecule has 0 aliphatic rings. The molecule has 0 aliphatic carbocycles. The molecule has 1 aromatic carbocycles. The summed E-state index contributed by atoms with van der Waals surface area (Å²) >= 11 is 3.42. The van der Waals surface area contributed by atoms with Crippen molar-refractivity contribution in [3.8, 4) is 5.75 Å². The quantitative estimate of drug-likeness (QED) is 0.718. The van der Waals surface area contributed by atoms with Gasteiger partial charge in [0.1, 0.15) is 12.4 Å². The summed E-state index contributed by atoms with van der Waals surface area (Å²) in [6, 6.07) is 5.30. The molecule has 0 aromatic heterocycles. The molecule has 0 atom stereocenters. The van der Waals surface area contributed by atoms with Crippen molar-refractivity contribution in [2.24, 2.45) is 0 Å². The van der Waals surface area contributed by atoms with Crippen LogP contribution in [0.5, 0.6) is 5.75 Å². The lowest BCUT2D eigenvalue weighted by Gasteiger charge is -2.11. The van der Waals surface area contributed by atoms with E-state index in [0.717, 1.165) is 23.0 Å². The smallest absolute Gasteiger partial charge is 0.491 e. The number of hydrogen-bond donors (Lipinski definition) is 1. The van der Waals surface area contributed by atoms with Gasteiger partial charge in [-0.3, -0.25) is 4.74 Å². The maximum Gasteiger partial charge on any atom is 0.522 e. The molecule has 20 heavy (non-hydrogen) atoms. The highest BCUT2D eigenvalue weighted by atomic mass is 79.9. The van der Waals surface area contributed by atoms with Gasteiger partial charge in [0.05, 0.1) is 6.61 Å². The van der Waals surface area contributed by atoms with Crippen LogP contribution in [0.4, 0.5) is 13.2 Å². The summed E-state index contributed by atoms with van der Waals surface area (Å²) in [7, 11) is 0. The van der Waals surface area contributed by atoms with E-state index in [-0.39, 0.29) is 6.61 Å². The highest BCUT2D eigenvalue weighted by Crippen LogP contribution is 2.23. The van der Waals surface area contributed by atoms with Crippen molar-refractivity contribution in [3.05, 3.63) is 28.2 Å². The monoisotopic (exact) mass is 355 g/mol. The average molecular weight is 356 g/mol. The minimum atomic E-state index is -4.61. The summed E-state index contributed by atoms with van der Waals surface area (Å²) in [6.45, 7) is 2.97. The zero-order valence-corrected chi connectivity index (χ0v) is 12.7. The van der Waals surface area contributed by atoms with Gasteiger partial charge < -0.3 is 10.1 Å². The molecular formula is C13H17BrF3NO2. The van der Waals surface area contributed by atoms with E-state index in [1.807, 2.05) is 6.07 Å². The second kappa shape index (κ2) is 8.49. The van der Waals surface area contributed by atoms with Crippen LogP contribution in [0.25, 0.3) is 0 Å². The van der Waals surface area contributed by atoms with Crippen molar-refractivity contribution >= 4 is 15.9 Å². The maximum absolute atomic E-state index is 11.8. The molecular weight excluding hydrogens is 339 g/mol. The van der Waals surface area contributed by atoms with E-state index in [4.69, 9.17) is 4.74 Å². The van der Waals surface area contributed by atoms with Crippen LogP contribution in [0.3, 0.4) is 0 Å². The van der Waals surface area contributed by atoms with E-state index in [1.54, 1.807) is 12.1 Å². The Labute approximate surface area is 124 Å². The SMILES string of the molecule is CCCNCc1cc(OCCOC(F)(F)F)ccc1Br. The summed E-state index contributed by atoms with van der Waals surface area (Å²) in [5, 5.41) is 3.25. The van der Waals surface area contributed by atoms with Crippen LogP contribution < -0.4 is 10.1 Å². The molecule has 114 valence electrons. The third-order valence-corrected chi connectivity index (χ3v) is 3.15. The summed E-state index contributed by atoms with van der Waals surface area (Å²) in [5.41, 5.74) is 0.993. The van der Waals surface area contributed by atoms with Crippen LogP contribution in [-0.2, 0) is 11.3 Å². The topological polar surface area (TPSA) is 30.5 Å². The van der Waals surface area contributed by atoms with E-state index in [1.165, 1.54) is 0 Å². The molecule has 1 aromatic rings. The van der Waals surface area contributed by atoms with Gasteiger partial charge in [0.25, 0.3) is 0 Å². The molecule has 0 saturated heterocycles. The van der Waals surface area contributed by atoms with Crippen LogP contribution in [0.15, 0.2) is 22.7 Å². The van der Waals surface area contributed by atoms with Gasteiger partial charge >= 0.3 is 6.36 Å². The minimum Gasteiger partial charge on any atom is -0.491 e. The zero-order chi connectivity index (χ0) is 15.0. The number of benzene rings is 1. The van der Waals surface area contributed by atoms with Gasteiger partial charge in [0.15, 0.2) is 0 Å². The van der Waals surface area contributed by atoms with Crippen molar-refractivity contribution in [1.82, 2.24) is 5.32 Å². The number of ether oxygens (including phenoxy) is 2. The van der Waals surface area contributed by atoms with Crippen molar-refractivity contribution in [1.29, 1.82) is 0 Å². The molecule has 0 heterocycles. The zero-order valence-electron chi connectivity index (χ0n) is 11.1. The Kier molecular flexibility index (Phi) is 7.32. The normalized spacial score (nSPS) is 11.7. The van der Waals surface area contributed by atoms with Crippen LogP contribution in [-0.4, -0.2) is 26.1 Å². The number of nitrogens with one attached hydrogen (secondary N) is 1. The molecule has 0 bridgehead atoms. The third-order valence-electron chi connectivity index (χ3n) is 2.38. The minimum absolute atomic E-state index is 0.150. The lowest BCUT2D eigenvalue weighted by Crippen LogP contribution is -2.18. The number of alkyl halides is 3. The first kappa shape index (κ1) is 17.3. The Bertz CT molecular complexity index is 413. The van der Waals surface area contributed by atoms with Crippen LogP contribution >= 0.6 is 15.9 Å². The Morgan fingerprint density at radius 3 is 2.65 bits per heavy atom. The van der Waals surface area contributed by atoms with Gasteiger partial charge in [0.2, 0.25) is 0 Å². The Morgan fingerprint density at radius 1 is 1.25 bits per heavy atom. The first-order valence-electron chi connectivity index (χ1n) is 6.25. The Morgan fingerprint density at radius 2 is 2.00 bits per heavy atom. The van der Waals surface area contributed by atoms with Crippen LogP contribution in [0.2, 0.25) is 0 Å². The maximum atomic E-state index is 11.8. The van der Waals surface area contributed by atoms with Gasteiger partial charge in [0, 0.05) is 11.0 Å². The molecule has 3 nitrogen and oxygen atoms in total. The summed E-state index contributed by atoms with van der Waals surface area (Å²) in [6.07, 6.45) is -3.58. The number of rotatable bonds is 8. The Balaban J connectivity index is 2.44. The lowest BCUT2D eigenvalue weighted by atomic mass is 10.2. The predicted molar refractivity (Wildman–Crippen MR) is 73.6 cm³/mol. The van der Waals surface area contributed by atoms with Crippen molar-refractivity contribution in [2.45, 2.75) is 26.3 Å². The van der Waals surface area contributed by atoms with Gasteiger partial charge in [-0.05, 0) is 36.7 Å². The third kappa shape index (κ3) is 7.12. The highest BCUT2D eigenvalue weighted by molar-refractivity contribution is 9.10. The van der Waals surface area contributed by atoms with E-state index < -0.39 is 13.0 Å². The lowest BCUT2D eigenvalue weighted by molar-refractivity contribution is -0.325. The average Bonchev–Trinajstić information content (AvgIpc) is 2.37. The molecule has 0 saturated carbocycles. The second-order valence-electron chi connectivity index (χ2n) is 4.07. The van der Waals surface area contributed by atoms with Gasteiger partial charge in [-0.15, -0.1) is 13.2 Å². The summed E-state index contributed by atoms with van der Waals surface area (Å²) < 4.78 is 45.1. The molecule has 0 amide bonds. The van der Waals surface area contributed by atoms with Crippen LogP contribution in [0, 0.1) is 0 Å². The van der Waals surface area contributed by atoms with Crippen molar-refractivity contribution in [2.75, 3.05) is 19.8 Å². The Hall–Kier alpha value is -0.790. The fourth-order valence-corrected chi connectivity index (χ4v) is 1.88. The van der Waals surface area contributed by atoms with Gasteiger partial charge in [-0.1, -0.05) is 22.9 Å². The van der Waals surface area contributed by atoms with Crippen LogP contribution in [0.1, 0.15) is 18.9 Å². The van der Waals surface area contributed by atoms with E-state index in [0.29, 0.717) is 12.3 Å². The van der Waals surface area contributed by atoms with Crippen molar-refractivity contribution in [3.63, 3.8) is 0 Å². The summed E-state index contributed by atoms with van der Waals surface area (Å²) in [4.78, 5) is 0. The fraction of sp³-hybridized carbons (Fsp3) is 0.538. The van der Waals surface area contributed by atoms with Gasteiger partial charge in [-0.2, -0.15) is 0 Å². The molecule has 0 unspecified atom stereocenters. The molecule has 1 N–H and O–H groups in total. The van der Waals surface area contributed by atoms with E-state index in [9.17, 15) is 13.2 Å². The van der Waals surface area contributed by atoms with Crippen molar-refractivity contribution < 1.29 is 22.6 Å². The predicted octanol–water partition coefficient (Wildman–Crippen LogP) is 3.86. The molecule has 7 heteroatoms. The highest BCUT2D eigenvalue weighted by Gasteiger charge is 2.28. The standard InChI is InChI=1S/C13H17BrF3NO2/c1-2-5-18-9-10-8-11(3-4-12(10)14)19-6-7-20-13(15,16)17/h3-4,8,18H,2,5-7,9H2,1H3.